The van der Waals surface area contributed by atoms with E-state index in [1.165, 1.54) is 19.3 Å². The summed E-state index contributed by atoms with van der Waals surface area (Å²) in [6.07, 6.45) is 6.39. The summed E-state index contributed by atoms with van der Waals surface area (Å²) in [6.45, 7) is 3.09. The molecule has 3 N–H and O–H groups in total. The molecule has 1 unspecified atom stereocenters. The van der Waals surface area contributed by atoms with E-state index in [-0.39, 0.29) is 12.6 Å². The van der Waals surface area contributed by atoms with Gasteiger partial charge in [-0.05, 0) is 50.3 Å². The maximum absolute atomic E-state index is 9.01. The molecule has 1 atom stereocenters. The summed E-state index contributed by atoms with van der Waals surface area (Å²) >= 11 is 0. The van der Waals surface area contributed by atoms with Crippen LogP contribution in [0.25, 0.3) is 0 Å². The fourth-order valence-electron chi connectivity index (χ4n) is 2.30. The smallest absolute Gasteiger partial charge is 0.129 e. The van der Waals surface area contributed by atoms with E-state index in [0.29, 0.717) is 6.04 Å². The molecule has 0 bridgehead atoms. The van der Waals surface area contributed by atoms with Crippen LogP contribution in [0.2, 0.25) is 0 Å². The molecule has 0 radical (unpaired) electrons. The van der Waals surface area contributed by atoms with Gasteiger partial charge in [-0.15, -0.1) is 0 Å². The van der Waals surface area contributed by atoms with Crippen molar-refractivity contribution in [2.24, 2.45) is 5.73 Å². The van der Waals surface area contributed by atoms with Crippen LogP contribution in [0.4, 0.5) is 5.82 Å². The number of aliphatic hydroxyl groups is 1. The number of nitrogens with two attached hydrogens (primary N) is 1. The second-order valence-corrected chi connectivity index (χ2v) is 5.09. The summed E-state index contributed by atoms with van der Waals surface area (Å²) in [5, 5.41) is 9.01. The number of hydrogen-bond acceptors (Lipinski definition) is 4. The molecule has 0 aromatic carbocycles. The minimum Gasteiger partial charge on any atom is -0.396 e. The molecule has 18 heavy (non-hydrogen) atoms. The van der Waals surface area contributed by atoms with Gasteiger partial charge in [-0.3, -0.25) is 0 Å². The van der Waals surface area contributed by atoms with Gasteiger partial charge in [-0.1, -0.05) is 0 Å². The number of rotatable bonds is 6. The molecule has 0 saturated heterocycles. The van der Waals surface area contributed by atoms with Crippen LogP contribution in [0, 0.1) is 0 Å². The van der Waals surface area contributed by atoms with Crippen molar-refractivity contribution in [3.05, 3.63) is 23.9 Å². The Morgan fingerprint density at radius 1 is 1.56 bits per heavy atom. The van der Waals surface area contributed by atoms with Gasteiger partial charge in [-0.25, -0.2) is 4.98 Å². The molecule has 100 valence electrons. The standard InChI is InChI=1S/C14H23N3O/c1-11(15)12-6-7-16-14(10-12)17(8-3-9-18)13-4-2-5-13/h6-7,10-11,13,18H,2-5,8-9,15H2,1H3. The van der Waals surface area contributed by atoms with Crippen LogP contribution in [0.15, 0.2) is 18.3 Å². The highest BCUT2D eigenvalue weighted by Gasteiger charge is 2.25. The maximum Gasteiger partial charge on any atom is 0.129 e. The summed E-state index contributed by atoms with van der Waals surface area (Å²) in [4.78, 5) is 6.79. The van der Waals surface area contributed by atoms with Crippen molar-refractivity contribution in [3.63, 3.8) is 0 Å². The number of anilines is 1. The Morgan fingerprint density at radius 3 is 2.89 bits per heavy atom. The van der Waals surface area contributed by atoms with Crippen molar-refractivity contribution in [3.8, 4) is 0 Å². The van der Waals surface area contributed by atoms with E-state index in [1.54, 1.807) is 0 Å². The molecule has 4 nitrogen and oxygen atoms in total. The van der Waals surface area contributed by atoms with Crippen LogP contribution in [-0.2, 0) is 0 Å². The van der Waals surface area contributed by atoms with Crippen LogP contribution >= 0.6 is 0 Å². The van der Waals surface area contributed by atoms with Crippen molar-refractivity contribution in [1.82, 2.24) is 4.98 Å². The van der Waals surface area contributed by atoms with Crippen molar-refractivity contribution in [2.75, 3.05) is 18.1 Å². The summed E-state index contributed by atoms with van der Waals surface area (Å²) in [5.41, 5.74) is 7.04. The predicted octanol–water partition coefficient (Wildman–Crippen LogP) is 1.84. The molecular formula is C14H23N3O. The highest BCUT2D eigenvalue weighted by molar-refractivity contribution is 5.43. The van der Waals surface area contributed by atoms with Gasteiger partial charge in [0.1, 0.15) is 5.82 Å². The fourth-order valence-corrected chi connectivity index (χ4v) is 2.30. The van der Waals surface area contributed by atoms with E-state index in [0.717, 1.165) is 24.3 Å². The largest absolute Gasteiger partial charge is 0.396 e. The van der Waals surface area contributed by atoms with Crippen LogP contribution in [0.1, 0.15) is 44.2 Å². The van der Waals surface area contributed by atoms with Crippen molar-refractivity contribution in [1.29, 1.82) is 0 Å². The number of aliphatic hydroxyl groups excluding tert-OH is 1. The summed E-state index contributed by atoms with van der Waals surface area (Å²) in [7, 11) is 0. The van der Waals surface area contributed by atoms with Gasteiger partial charge in [0.25, 0.3) is 0 Å². The van der Waals surface area contributed by atoms with Crippen LogP contribution < -0.4 is 10.6 Å². The maximum atomic E-state index is 9.01. The highest BCUT2D eigenvalue weighted by Crippen LogP contribution is 2.29. The van der Waals surface area contributed by atoms with Gasteiger partial charge < -0.3 is 15.7 Å². The lowest BCUT2D eigenvalue weighted by atomic mass is 9.91. The van der Waals surface area contributed by atoms with Crippen LogP contribution in [0.5, 0.6) is 0 Å². The SMILES string of the molecule is CC(N)c1ccnc(N(CCCO)C2CCC2)c1. The van der Waals surface area contributed by atoms with Crippen LogP contribution in [0.3, 0.4) is 0 Å². The lowest BCUT2D eigenvalue weighted by molar-refractivity contribution is 0.282. The van der Waals surface area contributed by atoms with E-state index >= 15 is 0 Å². The molecule has 1 heterocycles. The molecule has 1 aliphatic carbocycles. The van der Waals surface area contributed by atoms with Gasteiger partial charge >= 0.3 is 0 Å². The Labute approximate surface area is 109 Å². The highest BCUT2D eigenvalue weighted by atomic mass is 16.3. The Bertz CT molecular complexity index is 377. The van der Waals surface area contributed by atoms with E-state index in [4.69, 9.17) is 10.8 Å². The first-order valence-electron chi connectivity index (χ1n) is 6.81. The normalized spacial score (nSPS) is 17.3. The lowest BCUT2D eigenvalue weighted by Gasteiger charge is -2.38. The molecule has 1 aromatic heterocycles. The van der Waals surface area contributed by atoms with E-state index in [1.807, 2.05) is 19.2 Å². The van der Waals surface area contributed by atoms with E-state index < -0.39 is 0 Å². The molecule has 2 rings (SSSR count). The molecule has 1 aliphatic rings. The predicted molar refractivity (Wildman–Crippen MR) is 73.5 cm³/mol. The number of hydrogen-bond donors (Lipinski definition) is 2. The second kappa shape index (κ2) is 6.16. The third kappa shape index (κ3) is 3.00. The molecule has 0 spiro atoms. The Balaban J connectivity index is 2.15. The van der Waals surface area contributed by atoms with Gasteiger partial charge in [0.2, 0.25) is 0 Å². The zero-order valence-electron chi connectivity index (χ0n) is 11.0. The topological polar surface area (TPSA) is 62.4 Å². The molecular weight excluding hydrogens is 226 g/mol. The average molecular weight is 249 g/mol. The summed E-state index contributed by atoms with van der Waals surface area (Å²) in [5.74, 6) is 1.00. The quantitative estimate of drug-likeness (QED) is 0.807. The summed E-state index contributed by atoms with van der Waals surface area (Å²) in [6, 6.07) is 4.68. The third-order valence-corrected chi connectivity index (χ3v) is 3.66. The molecule has 0 amide bonds. The van der Waals surface area contributed by atoms with E-state index in [9.17, 15) is 0 Å². The number of aromatic nitrogens is 1. The Hall–Kier alpha value is -1.13. The minimum atomic E-state index is 0.0350. The first kappa shape index (κ1) is 13.3. The minimum absolute atomic E-state index is 0.0350. The van der Waals surface area contributed by atoms with Crippen molar-refractivity contribution < 1.29 is 5.11 Å². The monoisotopic (exact) mass is 249 g/mol. The van der Waals surface area contributed by atoms with Crippen molar-refractivity contribution >= 4 is 5.82 Å². The molecule has 4 heteroatoms. The number of pyridine rings is 1. The first-order chi connectivity index (χ1) is 8.72. The van der Waals surface area contributed by atoms with Crippen molar-refractivity contribution in [2.45, 2.75) is 44.7 Å². The molecule has 0 aliphatic heterocycles. The zero-order valence-corrected chi connectivity index (χ0v) is 11.0. The number of nitrogens with zero attached hydrogens (tertiary/aromatic N) is 2. The molecule has 1 aromatic rings. The van der Waals surface area contributed by atoms with E-state index in [2.05, 4.69) is 16.0 Å². The average Bonchev–Trinajstić information content (AvgIpc) is 2.32. The fraction of sp³-hybridized carbons (Fsp3) is 0.643. The van der Waals surface area contributed by atoms with Crippen LogP contribution in [-0.4, -0.2) is 29.3 Å². The second-order valence-electron chi connectivity index (χ2n) is 5.09. The Kier molecular flexibility index (Phi) is 4.55. The first-order valence-corrected chi connectivity index (χ1v) is 6.81. The van der Waals surface area contributed by atoms with Gasteiger partial charge in [0, 0.05) is 31.4 Å². The summed E-state index contributed by atoms with van der Waals surface area (Å²) < 4.78 is 0. The molecule has 1 saturated carbocycles. The van der Waals surface area contributed by atoms with Gasteiger partial charge in [-0.2, -0.15) is 0 Å². The van der Waals surface area contributed by atoms with Gasteiger partial charge in [0.15, 0.2) is 0 Å². The van der Waals surface area contributed by atoms with Gasteiger partial charge in [0.05, 0.1) is 0 Å². The lowest BCUT2D eigenvalue weighted by Crippen LogP contribution is -2.41. The zero-order chi connectivity index (χ0) is 13.0. The molecule has 1 fully saturated rings. The third-order valence-electron chi connectivity index (χ3n) is 3.66. The Morgan fingerprint density at radius 2 is 2.33 bits per heavy atom.